The smallest absolute Gasteiger partial charge is 0.231 e. The van der Waals surface area contributed by atoms with Gasteiger partial charge in [0.25, 0.3) is 0 Å². The molecule has 0 unspecified atom stereocenters. The molecule has 0 aliphatic carbocycles. The standard InChI is InChI=1S/C9H15N3O/c1-7(2)10-4-8-5-12-9(13-3)6-11-8/h5-7,10H,4H2,1-3H3. The van der Waals surface area contributed by atoms with Gasteiger partial charge in [0.05, 0.1) is 25.2 Å². The first-order chi connectivity index (χ1) is 6.22. The van der Waals surface area contributed by atoms with Crippen LogP contribution in [0.25, 0.3) is 0 Å². The number of nitrogens with zero attached hydrogens (tertiary/aromatic N) is 2. The molecule has 13 heavy (non-hydrogen) atoms. The highest BCUT2D eigenvalue weighted by Gasteiger charge is 1.97. The molecule has 1 heterocycles. The molecular weight excluding hydrogens is 166 g/mol. The van der Waals surface area contributed by atoms with Crippen LogP contribution in [0.3, 0.4) is 0 Å². The van der Waals surface area contributed by atoms with E-state index in [0.29, 0.717) is 11.9 Å². The van der Waals surface area contributed by atoms with Gasteiger partial charge in [-0.05, 0) is 0 Å². The summed E-state index contributed by atoms with van der Waals surface area (Å²) in [5.74, 6) is 0.549. The zero-order chi connectivity index (χ0) is 9.68. The first kappa shape index (κ1) is 9.92. The third-order valence-corrected chi connectivity index (χ3v) is 1.58. The molecule has 0 aliphatic heterocycles. The summed E-state index contributed by atoms with van der Waals surface area (Å²) < 4.78 is 4.90. The van der Waals surface area contributed by atoms with E-state index >= 15 is 0 Å². The zero-order valence-electron chi connectivity index (χ0n) is 8.24. The van der Waals surface area contributed by atoms with Crippen molar-refractivity contribution in [3.05, 3.63) is 18.1 Å². The van der Waals surface area contributed by atoms with E-state index in [-0.39, 0.29) is 0 Å². The molecule has 4 heteroatoms. The van der Waals surface area contributed by atoms with Crippen LogP contribution in [0.15, 0.2) is 12.4 Å². The Morgan fingerprint density at radius 2 is 2.15 bits per heavy atom. The lowest BCUT2D eigenvalue weighted by molar-refractivity contribution is 0.394. The second kappa shape index (κ2) is 4.77. The average molecular weight is 181 g/mol. The maximum Gasteiger partial charge on any atom is 0.231 e. The molecule has 0 aliphatic rings. The van der Waals surface area contributed by atoms with E-state index in [1.165, 1.54) is 0 Å². The minimum Gasteiger partial charge on any atom is -0.480 e. The lowest BCUT2D eigenvalue weighted by atomic mass is 10.3. The molecule has 0 radical (unpaired) electrons. The van der Waals surface area contributed by atoms with Crippen molar-refractivity contribution in [2.75, 3.05) is 7.11 Å². The average Bonchev–Trinajstić information content (AvgIpc) is 2.15. The number of hydrogen-bond donors (Lipinski definition) is 1. The number of nitrogens with one attached hydrogen (secondary N) is 1. The van der Waals surface area contributed by atoms with Crippen molar-refractivity contribution in [3.8, 4) is 5.88 Å². The normalized spacial score (nSPS) is 10.5. The van der Waals surface area contributed by atoms with Crippen molar-refractivity contribution in [1.29, 1.82) is 0 Å². The molecule has 1 aromatic heterocycles. The van der Waals surface area contributed by atoms with Gasteiger partial charge >= 0.3 is 0 Å². The molecule has 0 spiro atoms. The van der Waals surface area contributed by atoms with E-state index in [2.05, 4.69) is 29.1 Å². The molecule has 0 saturated heterocycles. The van der Waals surface area contributed by atoms with Crippen LogP contribution in [-0.4, -0.2) is 23.1 Å². The SMILES string of the molecule is COc1cnc(CNC(C)C)cn1. The molecule has 0 bridgehead atoms. The summed E-state index contributed by atoms with van der Waals surface area (Å²) in [4.78, 5) is 8.22. The van der Waals surface area contributed by atoms with Crippen molar-refractivity contribution in [1.82, 2.24) is 15.3 Å². The number of rotatable bonds is 4. The van der Waals surface area contributed by atoms with E-state index in [0.717, 1.165) is 12.2 Å². The molecule has 4 nitrogen and oxygen atoms in total. The second-order valence-corrected chi connectivity index (χ2v) is 3.09. The minimum atomic E-state index is 0.462. The molecule has 0 saturated carbocycles. The molecule has 1 aromatic rings. The van der Waals surface area contributed by atoms with Crippen LogP contribution in [0.4, 0.5) is 0 Å². The maximum atomic E-state index is 4.90. The monoisotopic (exact) mass is 181 g/mol. The molecule has 0 aromatic carbocycles. The van der Waals surface area contributed by atoms with Crippen molar-refractivity contribution in [2.24, 2.45) is 0 Å². The number of hydrogen-bond acceptors (Lipinski definition) is 4. The van der Waals surface area contributed by atoms with Crippen LogP contribution in [0.1, 0.15) is 19.5 Å². The highest BCUT2D eigenvalue weighted by atomic mass is 16.5. The van der Waals surface area contributed by atoms with Gasteiger partial charge in [-0.2, -0.15) is 0 Å². The molecule has 72 valence electrons. The van der Waals surface area contributed by atoms with Crippen LogP contribution >= 0.6 is 0 Å². The molecule has 1 rings (SSSR count). The summed E-state index contributed by atoms with van der Waals surface area (Å²) >= 11 is 0. The Labute approximate surface area is 78.4 Å². The highest BCUT2D eigenvalue weighted by Crippen LogP contribution is 2.02. The van der Waals surface area contributed by atoms with Gasteiger partial charge in [0, 0.05) is 12.6 Å². The second-order valence-electron chi connectivity index (χ2n) is 3.09. The van der Waals surface area contributed by atoms with Crippen LogP contribution in [0.5, 0.6) is 5.88 Å². The fourth-order valence-electron chi connectivity index (χ4n) is 0.848. The third kappa shape index (κ3) is 3.38. The van der Waals surface area contributed by atoms with Crippen LogP contribution < -0.4 is 10.1 Å². The van der Waals surface area contributed by atoms with Gasteiger partial charge in [0.1, 0.15) is 0 Å². The van der Waals surface area contributed by atoms with Gasteiger partial charge in [-0.25, -0.2) is 4.98 Å². The maximum absolute atomic E-state index is 4.90. The molecular formula is C9H15N3O. The quantitative estimate of drug-likeness (QED) is 0.752. The Bertz CT molecular complexity index is 246. The van der Waals surface area contributed by atoms with Crippen molar-refractivity contribution >= 4 is 0 Å². The van der Waals surface area contributed by atoms with Gasteiger partial charge in [-0.3, -0.25) is 4.98 Å². The molecule has 0 amide bonds. The minimum absolute atomic E-state index is 0.462. The third-order valence-electron chi connectivity index (χ3n) is 1.58. The number of ether oxygens (including phenoxy) is 1. The van der Waals surface area contributed by atoms with Crippen LogP contribution in [0.2, 0.25) is 0 Å². The predicted octanol–water partition coefficient (Wildman–Crippen LogP) is 0.983. The first-order valence-corrected chi connectivity index (χ1v) is 4.30. The Hall–Kier alpha value is -1.16. The Morgan fingerprint density at radius 3 is 2.62 bits per heavy atom. The van der Waals surface area contributed by atoms with E-state index in [4.69, 9.17) is 4.74 Å². The molecule has 1 N–H and O–H groups in total. The van der Waals surface area contributed by atoms with Gasteiger partial charge in [-0.1, -0.05) is 13.8 Å². The van der Waals surface area contributed by atoms with Crippen LogP contribution in [0, 0.1) is 0 Å². The predicted molar refractivity (Wildman–Crippen MR) is 50.6 cm³/mol. The van der Waals surface area contributed by atoms with Gasteiger partial charge in [0.2, 0.25) is 5.88 Å². The molecule has 0 fully saturated rings. The Morgan fingerprint density at radius 1 is 1.38 bits per heavy atom. The van der Waals surface area contributed by atoms with Gasteiger partial charge < -0.3 is 10.1 Å². The van der Waals surface area contributed by atoms with Gasteiger partial charge in [0.15, 0.2) is 0 Å². The topological polar surface area (TPSA) is 47.0 Å². The van der Waals surface area contributed by atoms with Crippen molar-refractivity contribution in [3.63, 3.8) is 0 Å². The lowest BCUT2D eigenvalue weighted by Gasteiger charge is -2.06. The van der Waals surface area contributed by atoms with Gasteiger partial charge in [-0.15, -0.1) is 0 Å². The van der Waals surface area contributed by atoms with Crippen molar-refractivity contribution in [2.45, 2.75) is 26.4 Å². The Balaban J connectivity index is 2.49. The first-order valence-electron chi connectivity index (χ1n) is 4.30. The summed E-state index contributed by atoms with van der Waals surface area (Å²) in [5, 5.41) is 3.26. The Kier molecular flexibility index (Phi) is 3.64. The zero-order valence-corrected chi connectivity index (χ0v) is 8.24. The van der Waals surface area contributed by atoms with E-state index in [9.17, 15) is 0 Å². The van der Waals surface area contributed by atoms with E-state index in [1.807, 2.05) is 0 Å². The summed E-state index contributed by atoms with van der Waals surface area (Å²) in [7, 11) is 1.58. The lowest BCUT2D eigenvalue weighted by Crippen LogP contribution is -2.22. The van der Waals surface area contributed by atoms with E-state index in [1.54, 1.807) is 19.5 Å². The van der Waals surface area contributed by atoms with Crippen LogP contribution in [-0.2, 0) is 6.54 Å². The highest BCUT2D eigenvalue weighted by molar-refractivity contribution is 5.06. The summed E-state index contributed by atoms with van der Waals surface area (Å²) in [6, 6.07) is 0.462. The fraction of sp³-hybridized carbons (Fsp3) is 0.556. The summed E-state index contributed by atoms with van der Waals surface area (Å²) in [6.07, 6.45) is 3.34. The van der Waals surface area contributed by atoms with Crippen molar-refractivity contribution < 1.29 is 4.74 Å². The molecule has 0 atom stereocenters. The number of aromatic nitrogens is 2. The van der Waals surface area contributed by atoms with E-state index < -0.39 is 0 Å². The summed E-state index contributed by atoms with van der Waals surface area (Å²) in [5.41, 5.74) is 0.925. The number of methoxy groups -OCH3 is 1. The largest absolute Gasteiger partial charge is 0.480 e. The fourth-order valence-corrected chi connectivity index (χ4v) is 0.848. The summed E-state index contributed by atoms with van der Waals surface area (Å²) in [6.45, 7) is 4.93.